The molecule has 1 saturated carbocycles. The Bertz CT molecular complexity index is 1040. The molecule has 5 rings (SSSR count). The molecule has 2 unspecified atom stereocenters. The molecule has 3 aromatic rings. The fourth-order valence-corrected chi connectivity index (χ4v) is 5.19. The van der Waals surface area contributed by atoms with Crippen LogP contribution in [0.5, 0.6) is 0 Å². The van der Waals surface area contributed by atoms with Crippen LogP contribution in [0.1, 0.15) is 50.8 Å². The van der Waals surface area contributed by atoms with E-state index in [-0.39, 0.29) is 0 Å². The fourth-order valence-electron chi connectivity index (χ4n) is 5.19. The first-order valence-corrected chi connectivity index (χ1v) is 11.6. The van der Waals surface area contributed by atoms with Crippen molar-refractivity contribution < 1.29 is 14.9 Å². The van der Waals surface area contributed by atoms with Gasteiger partial charge in [-0.05, 0) is 43.6 Å². The minimum Gasteiger partial charge on any atom is -0.388 e. The highest BCUT2D eigenvalue weighted by atomic mass is 16.6. The Balaban J connectivity index is 1.33. The Labute approximate surface area is 187 Å². The molecule has 2 aromatic heterocycles. The van der Waals surface area contributed by atoms with E-state index in [4.69, 9.17) is 4.74 Å². The lowest BCUT2D eigenvalue weighted by Crippen LogP contribution is -2.31. The molecule has 6 atom stereocenters. The van der Waals surface area contributed by atoms with Gasteiger partial charge >= 0.3 is 0 Å². The summed E-state index contributed by atoms with van der Waals surface area (Å²) < 4.78 is 7.60. The lowest BCUT2D eigenvalue weighted by molar-refractivity contribution is -0.0355. The van der Waals surface area contributed by atoms with Crippen molar-refractivity contribution in [2.24, 2.45) is 5.92 Å². The van der Waals surface area contributed by atoms with Gasteiger partial charge in [-0.3, -0.25) is 4.57 Å². The van der Waals surface area contributed by atoms with Gasteiger partial charge in [-0.2, -0.15) is 0 Å². The van der Waals surface area contributed by atoms with E-state index in [1.54, 1.807) is 10.9 Å². The predicted octanol–water partition coefficient (Wildman–Crippen LogP) is 3.07. The summed E-state index contributed by atoms with van der Waals surface area (Å²) in [6.45, 7) is 1.93. The fraction of sp³-hybridized carbons (Fsp3) is 0.542. The molecule has 8 heteroatoms. The number of aliphatic hydroxyl groups excluding tert-OH is 2. The molecule has 2 aliphatic rings. The van der Waals surface area contributed by atoms with Crippen molar-refractivity contribution in [1.82, 2.24) is 19.5 Å². The van der Waals surface area contributed by atoms with Crippen LogP contribution in [-0.4, -0.2) is 54.1 Å². The number of anilines is 1. The maximum atomic E-state index is 10.5. The average molecular weight is 438 g/mol. The highest BCUT2D eigenvalue weighted by Gasteiger charge is 2.43. The molecule has 0 bridgehead atoms. The second-order valence-electron chi connectivity index (χ2n) is 8.97. The van der Waals surface area contributed by atoms with Crippen LogP contribution in [0.15, 0.2) is 43.0 Å². The molecule has 3 heterocycles. The molecular weight excluding hydrogens is 406 g/mol. The second kappa shape index (κ2) is 9.13. The zero-order valence-electron chi connectivity index (χ0n) is 18.3. The van der Waals surface area contributed by atoms with Crippen molar-refractivity contribution in [2.75, 3.05) is 5.32 Å². The Morgan fingerprint density at radius 1 is 1.09 bits per heavy atom. The molecule has 170 valence electrons. The summed E-state index contributed by atoms with van der Waals surface area (Å²) in [6, 6.07) is 11.0. The Morgan fingerprint density at radius 3 is 2.72 bits per heavy atom. The van der Waals surface area contributed by atoms with Crippen molar-refractivity contribution in [3.63, 3.8) is 0 Å². The van der Waals surface area contributed by atoms with E-state index in [0.717, 1.165) is 19.3 Å². The van der Waals surface area contributed by atoms with Gasteiger partial charge in [-0.1, -0.05) is 43.7 Å². The number of aryl methyl sites for hydroxylation is 1. The number of hydrogen-bond acceptors (Lipinski definition) is 7. The number of aliphatic hydroxyl groups is 2. The molecule has 0 spiro atoms. The normalized spacial score (nSPS) is 30.2. The van der Waals surface area contributed by atoms with Crippen LogP contribution in [0.2, 0.25) is 0 Å². The van der Waals surface area contributed by atoms with Gasteiger partial charge in [0.2, 0.25) is 0 Å². The summed E-state index contributed by atoms with van der Waals surface area (Å²) in [5.41, 5.74) is 2.63. The molecule has 1 saturated heterocycles. The number of ether oxygens (including phenoxy) is 1. The number of benzene rings is 1. The number of aromatic nitrogens is 4. The molecule has 8 nitrogen and oxygen atoms in total. The van der Waals surface area contributed by atoms with Gasteiger partial charge in [0.05, 0.1) is 12.4 Å². The molecule has 1 aliphatic carbocycles. The average Bonchev–Trinajstić information content (AvgIpc) is 3.52. The second-order valence-corrected chi connectivity index (χ2v) is 8.97. The molecule has 2 fully saturated rings. The van der Waals surface area contributed by atoms with Crippen LogP contribution < -0.4 is 5.32 Å². The molecule has 32 heavy (non-hydrogen) atoms. The number of nitrogens with one attached hydrogen (secondary N) is 1. The maximum absolute atomic E-state index is 10.5. The van der Waals surface area contributed by atoms with Gasteiger partial charge < -0.3 is 20.3 Å². The van der Waals surface area contributed by atoms with E-state index in [9.17, 15) is 10.2 Å². The number of fused-ring (bicyclic) bond motifs is 1. The molecule has 1 aliphatic heterocycles. The van der Waals surface area contributed by atoms with Gasteiger partial charge in [0.25, 0.3) is 0 Å². The zero-order valence-corrected chi connectivity index (χ0v) is 18.3. The standard InChI is InChI=1S/C24H31N5O3/c1-2-18-20(30)21(31)24(32-18)29-14-27-19-22(25-13-26-23(19)29)28-17-10-6-9-16(17)12-11-15-7-4-3-5-8-15/h3-5,7-8,13-14,16-18,20-21,24,30-31H,2,6,9-12H2,1H3,(H,25,26,28)/t16?,17?,18-,20-,21-,24-/m1/s1. The van der Waals surface area contributed by atoms with Gasteiger partial charge in [-0.15, -0.1) is 0 Å². The third kappa shape index (κ3) is 3.98. The summed E-state index contributed by atoms with van der Waals surface area (Å²) in [5.74, 6) is 1.30. The van der Waals surface area contributed by atoms with Crippen LogP contribution in [0.3, 0.4) is 0 Å². The largest absolute Gasteiger partial charge is 0.388 e. The van der Waals surface area contributed by atoms with Crippen LogP contribution in [0.4, 0.5) is 5.82 Å². The molecular formula is C24H31N5O3. The zero-order chi connectivity index (χ0) is 22.1. The van der Waals surface area contributed by atoms with Crippen molar-refractivity contribution >= 4 is 17.0 Å². The highest BCUT2D eigenvalue weighted by molar-refractivity contribution is 5.82. The number of rotatable bonds is 7. The topological polar surface area (TPSA) is 105 Å². The summed E-state index contributed by atoms with van der Waals surface area (Å²) in [5, 5.41) is 24.4. The summed E-state index contributed by atoms with van der Waals surface area (Å²) >= 11 is 0. The lowest BCUT2D eigenvalue weighted by Gasteiger charge is -2.22. The SMILES string of the molecule is CC[C@H]1O[C@@H](n2cnc3c(NC4CCCC4CCc4ccccc4)ncnc32)[C@H](O)[C@@H]1O. The first-order chi connectivity index (χ1) is 15.7. The summed E-state index contributed by atoms with van der Waals surface area (Å²) in [6.07, 6.45) is 6.43. The number of hydrogen-bond donors (Lipinski definition) is 3. The van der Waals surface area contributed by atoms with E-state index < -0.39 is 24.5 Å². The first-order valence-electron chi connectivity index (χ1n) is 11.6. The predicted molar refractivity (Wildman–Crippen MR) is 121 cm³/mol. The number of imidazole rings is 1. The third-order valence-corrected chi connectivity index (χ3v) is 7.00. The Hall–Kier alpha value is -2.55. The minimum absolute atomic E-state index is 0.349. The molecule has 3 N–H and O–H groups in total. The monoisotopic (exact) mass is 437 g/mol. The van der Waals surface area contributed by atoms with Crippen molar-refractivity contribution in [3.05, 3.63) is 48.5 Å². The molecule has 0 amide bonds. The first kappa shape index (κ1) is 21.3. The third-order valence-electron chi connectivity index (χ3n) is 7.00. The Kier molecular flexibility index (Phi) is 6.08. The van der Waals surface area contributed by atoms with Gasteiger partial charge in [-0.25, -0.2) is 15.0 Å². The van der Waals surface area contributed by atoms with E-state index in [1.165, 1.54) is 24.7 Å². The van der Waals surface area contributed by atoms with Crippen molar-refractivity contribution in [2.45, 2.75) is 76.0 Å². The smallest absolute Gasteiger partial charge is 0.167 e. The molecule has 1 aromatic carbocycles. The van der Waals surface area contributed by atoms with Crippen LogP contribution in [0.25, 0.3) is 11.2 Å². The lowest BCUT2D eigenvalue weighted by atomic mass is 9.95. The van der Waals surface area contributed by atoms with Gasteiger partial charge in [0, 0.05) is 6.04 Å². The van der Waals surface area contributed by atoms with Gasteiger partial charge in [0.15, 0.2) is 23.2 Å². The van der Waals surface area contributed by atoms with E-state index in [1.807, 2.05) is 6.92 Å². The van der Waals surface area contributed by atoms with E-state index >= 15 is 0 Å². The van der Waals surface area contributed by atoms with Crippen LogP contribution in [0, 0.1) is 5.92 Å². The molecule has 0 radical (unpaired) electrons. The van der Waals surface area contributed by atoms with Crippen LogP contribution in [-0.2, 0) is 11.2 Å². The van der Waals surface area contributed by atoms with Crippen molar-refractivity contribution in [3.8, 4) is 0 Å². The minimum atomic E-state index is -1.03. The highest BCUT2D eigenvalue weighted by Crippen LogP contribution is 2.35. The van der Waals surface area contributed by atoms with Crippen LogP contribution >= 0.6 is 0 Å². The Morgan fingerprint density at radius 2 is 1.94 bits per heavy atom. The number of nitrogens with zero attached hydrogens (tertiary/aromatic N) is 4. The summed E-state index contributed by atoms with van der Waals surface area (Å²) in [7, 11) is 0. The van der Waals surface area contributed by atoms with Crippen molar-refractivity contribution in [1.29, 1.82) is 0 Å². The van der Waals surface area contributed by atoms with E-state index in [0.29, 0.717) is 35.4 Å². The quantitative estimate of drug-likeness (QED) is 0.522. The maximum Gasteiger partial charge on any atom is 0.167 e. The van der Waals surface area contributed by atoms with Gasteiger partial charge in [0.1, 0.15) is 18.5 Å². The van der Waals surface area contributed by atoms with E-state index in [2.05, 4.69) is 50.6 Å². The summed E-state index contributed by atoms with van der Waals surface area (Å²) in [4.78, 5) is 13.4.